The van der Waals surface area contributed by atoms with E-state index < -0.39 is 0 Å². The normalized spacial score (nSPS) is 19.0. The number of nitrogens with zero attached hydrogens (tertiary/aromatic N) is 4. The molecule has 5 nitrogen and oxygen atoms in total. The maximum Gasteiger partial charge on any atom is 0.254 e. The second-order valence-corrected chi connectivity index (χ2v) is 4.15. The number of nitrogens with two attached hydrogens (primary N) is 1. The first kappa shape index (κ1) is 8.79. The predicted molar refractivity (Wildman–Crippen MR) is 55.4 cm³/mol. The minimum atomic E-state index is 0.0441. The van der Waals surface area contributed by atoms with Crippen LogP contribution >= 0.6 is 0 Å². The van der Waals surface area contributed by atoms with Crippen LogP contribution in [-0.2, 0) is 5.41 Å². The smallest absolute Gasteiger partial charge is 0.254 e. The molecule has 0 unspecified atom stereocenters. The monoisotopic (exact) mass is 203 g/mol. The lowest BCUT2D eigenvalue weighted by molar-refractivity contribution is 0.236. The molecule has 0 aromatic carbocycles. The fourth-order valence-corrected chi connectivity index (χ4v) is 2.23. The summed E-state index contributed by atoms with van der Waals surface area (Å²) in [5.41, 5.74) is 5.89. The van der Waals surface area contributed by atoms with Crippen LogP contribution in [0.3, 0.4) is 0 Å². The van der Waals surface area contributed by atoms with Gasteiger partial charge in [0.2, 0.25) is 0 Å². The summed E-state index contributed by atoms with van der Waals surface area (Å²) in [6.45, 7) is 0.642. The van der Waals surface area contributed by atoms with Gasteiger partial charge in [0.25, 0.3) is 5.78 Å². The van der Waals surface area contributed by atoms with Crippen molar-refractivity contribution < 1.29 is 0 Å². The molecule has 2 aromatic heterocycles. The summed E-state index contributed by atoms with van der Waals surface area (Å²) in [5.74, 6) is 1.63. The lowest BCUT2D eigenvalue weighted by Gasteiger charge is -2.38. The largest absolute Gasteiger partial charge is 0.329 e. The Morgan fingerprint density at radius 1 is 1.40 bits per heavy atom. The van der Waals surface area contributed by atoms with Gasteiger partial charge in [-0.05, 0) is 18.9 Å². The van der Waals surface area contributed by atoms with Crippen molar-refractivity contribution in [2.45, 2.75) is 24.7 Å². The fourth-order valence-electron chi connectivity index (χ4n) is 2.23. The zero-order valence-electron chi connectivity index (χ0n) is 8.43. The van der Waals surface area contributed by atoms with E-state index in [-0.39, 0.29) is 5.41 Å². The topological polar surface area (TPSA) is 69.1 Å². The molecular weight excluding hydrogens is 190 g/mol. The molecule has 0 amide bonds. The molecule has 0 spiro atoms. The molecule has 78 valence electrons. The van der Waals surface area contributed by atoms with Gasteiger partial charge in [0, 0.05) is 24.4 Å². The van der Waals surface area contributed by atoms with Gasteiger partial charge in [0.05, 0.1) is 0 Å². The number of fused-ring (bicyclic) bond motifs is 1. The molecule has 0 saturated heterocycles. The SMILES string of the molecule is NCC1(c2nnc3ncccn23)CCC1. The van der Waals surface area contributed by atoms with Crippen molar-refractivity contribution in [2.75, 3.05) is 6.54 Å². The predicted octanol–water partition coefficient (Wildman–Crippen LogP) is 0.505. The van der Waals surface area contributed by atoms with Crippen LogP contribution in [-0.4, -0.2) is 26.1 Å². The zero-order chi connectivity index (χ0) is 10.3. The summed E-state index contributed by atoms with van der Waals surface area (Å²) in [5, 5.41) is 8.29. The van der Waals surface area contributed by atoms with Gasteiger partial charge in [-0.15, -0.1) is 10.2 Å². The minimum absolute atomic E-state index is 0.0441. The Bertz CT molecular complexity index is 480. The standard InChI is InChI=1S/C10H13N5/c11-7-10(3-1-4-10)8-13-14-9-12-5-2-6-15(8)9/h2,5-6H,1,3-4,7,11H2. The van der Waals surface area contributed by atoms with Crippen molar-refractivity contribution in [2.24, 2.45) is 5.73 Å². The van der Waals surface area contributed by atoms with E-state index in [1.165, 1.54) is 6.42 Å². The molecule has 0 aliphatic heterocycles. The van der Waals surface area contributed by atoms with Crippen molar-refractivity contribution in [3.63, 3.8) is 0 Å². The molecule has 0 bridgehead atoms. The Morgan fingerprint density at radius 3 is 2.93 bits per heavy atom. The average Bonchev–Trinajstić information content (AvgIpc) is 2.62. The molecular formula is C10H13N5. The first-order chi connectivity index (χ1) is 7.36. The van der Waals surface area contributed by atoms with Crippen LogP contribution in [0, 0.1) is 0 Å². The molecule has 1 aliphatic carbocycles. The zero-order valence-corrected chi connectivity index (χ0v) is 8.43. The molecule has 1 aliphatic rings. The molecule has 15 heavy (non-hydrogen) atoms. The summed E-state index contributed by atoms with van der Waals surface area (Å²) in [7, 11) is 0. The lowest BCUT2D eigenvalue weighted by atomic mass is 9.68. The minimum Gasteiger partial charge on any atom is -0.329 e. The van der Waals surface area contributed by atoms with Crippen LogP contribution in [0.4, 0.5) is 0 Å². The molecule has 0 atom stereocenters. The highest BCUT2D eigenvalue weighted by atomic mass is 15.3. The van der Waals surface area contributed by atoms with E-state index >= 15 is 0 Å². The third-order valence-corrected chi connectivity index (χ3v) is 3.36. The molecule has 5 heteroatoms. The molecule has 3 rings (SSSR count). The van der Waals surface area contributed by atoms with Crippen molar-refractivity contribution in [1.82, 2.24) is 19.6 Å². The van der Waals surface area contributed by atoms with Gasteiger partial charge in [0.15, 0.2) is 0 Å². The van der Waals surface area contributed by atoms with E-state index in [4.69, 9.17) is 5.73 Å². The van der Waals surface area contributed by atoms with E-state index in [0.717, 1.165) is 18.7 Å². The maximum atomic E-state index is 5.85. The van der Waals surface area contributed by atoms with E-state index in [2.05, 4.69) is 15.2 Å². The summed E-state index contributed by atoms with van der Waals surface area (Å²) in [6, 6.07) is 1.89. The number of hydrogen-bond acceptors (Lipinski definition) is 4. The van der Waals surface area contributed by atoms with E-state index in [0.29, 0.717) is 12.3 Å². The number of hydrogen-bond donors (Lipinski definition) is 1. The van der Waals surface area contributed by atoms with Gasteiger partial charge in [-0.1, -0.05) is 6.42 Å². The van der Waals surface area contributed by atoms with Crippen molar-refractivity contribution in [3.05, 3.63) is 24.3 Å². The highest BCUT2D eigenvalue weighted by Crippen LogP contribution is 2.41. The highest BCUT2D eigenvalue weighted by molar-refractivity contribution is 5.30. The van der Waals surface area contributed by atoms with Crippen molar-refractivity contribution >= 4 is 5.78 Å². The Morgan fingerprint density at radius 2 is 2.27 bits per heavy atom. The molecule has 0 radical (unpaired) electrons. The summed E-state index contributed by atoms with van der Waals surface area (Å²) < 4.78 is 1.95. The number of aromatic nitrogens is 4. The van der Waals surface area contributed by atoms with Crippen LogP contribution in [0.15, 0.2) is 18.5 Å². The van der Waals surface area contributed by atoms with Crippen LogP contribution in [0.1, 0.15) is 25.1 Å². The Hall–Kier alpha value is -1.49. The van der Waals surface area contributed by atoms with Gasteiger partial charge >= 0.3 is 0 Å². The lowest BCUT2D eigenvalue weighted by Crippen LogP contribution is -2.43. The van der Waals surface area contributed by atoms with E-state index in [9.17, 15) is 0 Å². The van der Waals surface area contributed by atoms with E-state index in [1.54, 1.807) is 6.20 Å². The van der Waals surface area contributed by atoms with Crippen molar-refractivity contribution in [3.8, 4) is 0 Å². The fraction of sp³-hybridized carbons (Fsp3) is 0.500. The van der Waals surface area contributed by atoms with Gasteiger partial charge in [-0.3, -0.25) is 4.40 Å². The quantitative estimate of drug-likeness (QED) is 0.771. The molecule has 2 N–H and O–H groups in total. The Balaban J connectivity index is 2.18. The van der Waals surface area contributed by atoms with Gasteiger partial charge < -0.3 is 5.73 Å². The second-order valence-electron chi connectivity index (χ2n) is 4.15. The summed E-state index contributed by atoms with van der Waals surface area (Å²) >= 11 is 0. The van der Waals surface area contributed by atoms with Crippen LogP contribution in [0.25, 0.3) is 5.78 Å². The molecule has 1 fully saturated rings. The van der Waals surface area contributed by atoms with Crippen molar-refractivity contribution in [1.29, 1.82) is 0 Å². The van der Waals surface area contributed by atoms with Crippen LogP contribution in [0.2, 0.25) is 0 Å². The first-order valence-corrected chi connectivity index (χ1v) is 5.22. The highest BCUT2D eigenvalue weighted by Gasteiger charge is 2.41. The summed E-state index contributed by atoms with van der Waals surface area (Å²) in [6.07, 6.45) is 7.13. The average molecular weight is 203 g/mol. The van der Waals surface area contributed by atoms with Gasteiger partial charge in [-0.25, -0.2) is 4.98 Å². The Labute approximate surface area is 87.3 Å². The Kier molecular flexibility index (Phi) is 1.76. The second kappa shape index (κ2) is 3.00. The molecule has 2 heterocycles. The van der Waals surface area contributed by atoms with E-state index in [1.807, 2.05) is 16.7 Å². The summed E-state index contributed by atoms with van der Waals surface area (Å²) in [4.78, 5) is 4.16. The third-order valence-electron chi connectivity index (χ3n) is 3.36. The maximum absolute atomic E-state index is 5.85. The van der Waals surface area contributed by atoms with Gasteiger partial charge in [-0.2, -0.15) is 0 Å². The first-order valence-electron chi connectivity index (χ1n) is 5.22. The molecule has 1 saturated carbocycles. The van der Waals surface area contributed by atoms with Gasteiger partial charge in [0.1, 0.15) is 5.82 Å². The third kappa shape index (κ3) is 1.10. The van der Waals surface area contributed by atoms with Crippen LogP contribution in [0.5, 0.6) is 0 Å². The van der Waals surface area contributed by atoms with Crippen LogP contribution < -0.4 is 5.73 Å². The molecule has 2 aromatic rings. The number of rotatable bonds is 2.